The molecule has 2 amide bonds. The minimum Gasteiger partial charge on any atom is -0.396 e. The number of nitrogens with zero attached hydrogens (tertiary/aromatic N) is 2. The number of anilines is 1. The van der Waals surface area contributed by atoms with E-state index in [4.69, 9.17) is 5.11 Å². The standard InChI is InChI=1S/C11H17N3O3S/c1-3-14(5-4-6-15)10(17)9-7-18-11(13-9)12-8(2)16/h7,15H,3-6H2,1-2H3,(H,12,13,16). The Balaban J connectivity index is 2.69. The molecule has 0 aromatic carbocycles. The maximum Gasteiger partial charge on any atom is 0.273 e. The molecular weight excluding hydrogens is 254 g/mol. The molecule has 1 rings (SSSR count). The lowest BCUT2D eigenvalue weighted by atomic mass is 10.3. The number of hydrogen-bond acceptors (Lipinski definition) is 5. The minimum atomic E-state index is -0.212. The Kier molecular flexibility index (Phi) is 5.73. The Labute approximate surface area is 110 Å². The summed E-state index contributed by atoms with van der Waals surface area (Å²) in [5, 5.41) is 13.3. The first-order chi connectivity index (χ1) is 8.58. The van der Waals surface area contributed by atoms with Crippen molar-refractivity contribution >= 4 is 28.3 Å². The Morgan fingerprint density at radius 3 is 2.83 bits per heavy atom. The molecule has 18 heavy (non-hydrogen) atoms. The van der Waals surface area contributed by atoms with Crippen molar-refractivity contribution in [2.75, 3.05) is 25.0 Å². The van der Waals surface area contributed by atoms with Crippen LogP contribution in [0.25, 0.3) is 0 Å². The van der Waals surface area contributed by atoms with Crippen LogP contribution < -0.4 is 5.32 Å². The molecule has 0 saturated heterocycles. The molecule has 0 fully saturated rings. The first-order valence-corrected chi connectivity index (χ1v) is 6.59. The van der Waals surface area contributed by atoms with Crippen molar-refractivity contribution < 1.29 is 14.7 Å². The normalized spacial score (nSPS) is 10.2. The van der Waals surface area contributed by atoms with Crippen LogP contribution in [0.1, 0.15) is 30.8 Å². The molecule has 6 nitrogen and oxygen atoms in total. The van der Waals surface area contributed by atoms with Crippen molar-refractivity contribution in [3.05, 3.63) is 11.1 Å². The largest absolute Gasteiger partial charge is 0.396 e. The van der Waals surface area contributed by atoms with Crippen molar-refractivity contribution in [1.82, 2.24) is 9.88 Å². The molecule has 7 heteroatoms. The molecule has 0 aliphatic carbocycles. The van der Waals surface area contributed by atoms with E-state index in [1.807, 2.05) is 6.92 Å². The highest BCUT2D eigenvalue weighted by Crippen LogP contribution is 2.16. The number of rotatable bonds is 6. The molecule has 0 spiro atoms. The van der Waals surface area contributed by atoms with Gasteiger partial charge < -0.3 is 15.3 Å². The van der Waals surface area contributed by atoms with Gasteiger partial charge in [-0.05, 0) is 13.3 Å². The zero-order valence-electron chi connectivity index (χ0n) is 10.5. The fourth-order valence-electron chi connectivity index (χ4n) is 1.41. The van der Waals surface area contributed by atoms with Crippen molar-refractivity contribution in [3.8, 4) is 0 Å². The van der Waals surface area contributed by atoms with Gasteiger partial charge in [-0.3, -0.25) is 9.59 Å². The van der Waals surface area contributed by atoms with Crippen LogP contribution in [-0.2, 0) is 4.79 Å². The molecule has 2 N–H and O–H groups in total. The van der Waals surface area contributed by atoms with E-state index in [-0.39, 0.29) is 18.4 Å². The van der Waals surface area contributed by atoms with E-state index in [2.05, 4.69) is 10.3 Å². The average Bonchev–Trinajstić information content (AvgIpc) is 2.77. The van der Waals surface area contributed by atoms with Gasteiger partial charge in [-0.15, -0.1) is 11.3 Å². The molecule has 0 aliphatic heterocycles. The van der Waals surface area contributed by atoms with Gasteiger partial charge in [0.2, 0.25) is 5.91 Å². The summed E-state index contributed by atoms with van der Waals surface area (Å²) in [6.07, 6.45) is 0.544. The fourth-order valence-corrected chi connectivity index (χ4v) is 2.14. The van der Waals surface area contributed by atoms with Gasteiger partial charge in [-0.25, -0.2) is 4.98 Å². The second kappa shape index (κ2) is 7.07. The highest BCUT2D eigenvalue weighted by atomic mass is 32.1. The molecule has 0 radical (unpaired) electrons. The van der Waals surface area contributed by atoms with Gasteiger partial charge in [0.25, 0.3) is 5.91 Å². The molecule has 0 aliphatic rings. The first-order valence-electron chi connectivity index (χ1n) is 5.71. The lowest BCUT2D eigenvalue weighted by molar-refractivity contribution is -0.114. The van der Waals surface area contributed by atoms with Crippen molar-refractivity contribution in [2.24, 2.45) is 0 Å². The monoisotopic (exact) mass is 271 g/mol. The van der Waals surface area contributed by atoms with Crippen LogP contribution in [0.4, 0.5) is 5.13 Å². The Morgan fingerprint density at radius 1 is 1.56 bits per heavy atom. The van der Waals surface area contributed by atoms with E-state index in [0.717, 1.165) is 0 Å². The number of carbonyl (C=O) groups is 2. The summed E-state index contributed by atoms with van der Waals surface area (Å²) in [6, 6.07) is 0. The van der Waals surface area contributed by atoms with E-state index in [1.54, 1.807) is 10.3 Å². The molecule has 0 unspecified atom stereocenters. The lowest BCUT2D eigenvalue weighted by Crippen LogP contribution is -2.32. The van der Waals surface area contributed by atoms with Crippen molar-refractivity contribution in [2.45, 2.75) is 20.3 Å². The van der Waals surface area contributed by atoms with E-state index < -0.39 is 0 Å². The van der Waals surface area contributed by atoms with Gasteiger partial charge in [0.05, 0.1) is 0 Å². The fraction of sp³-hybridized carbons (Fsp3) is 0.545. The molecule has 0 saturated carbocycles. The van der Waals surface area contributed by atoms with E-state index in [0.29, 0.717) is 30.3 Å². The molecule has 1 aromatic heterocycles. The number of carbonyl (C=O) groups excluding carboxylic acids is 2. The summed E-state index contributed by atoms with van der Waals surface area (Å²) >= 11 is 1.22. The van der Waals surface area contributed by atoms with E-state index in [1.165, 1.54) is 18.3 Å². The maximum absolute atomic E-state index is 12.1. The predicted molar refractivity (Wildman–Crippen MR) is 69.7 cm³/mol. The third-order valence-electron chi connectivity index (χ3n) is 2.26. The molecule has 1 heterocycles. The third kappa shape index (κ3) is 4.08. The highest BCUT2D eigenvalue weighted by Gasteiger charge is 2.17. The number of amides is 2. The van der Waals surface area contributed by atoms with Gasteiger partial charge >= 0.3 is 0 Å². The quantitative estimate of drug-likeness (QED) is 0.807. The lowest BCUT2D eigenvalue weighted by Gasteiger charge is -2.18. The maximum atomic E-state index is 12.1. The second-order valence-electron chi connectivity index (χ2n) is 3.68. The SMILES string of the molecule is CCN(CCCO)C(=O)c1csc(NC(C)=O)n1. The predicted octanol–water partition coefficient (Wildman–Crippen LogP) is 0.946. The minimum absolute atomic E-state index is 0.0536. The van der Waals surface area contributed by atoms with Crippen LogP contribution in [0, 0.1) is 0 Å². The number of aliphatic hydroxyl groups is 1. The summed E-state index contributed by atoms with van der Waals surface area (Å²) < 4.78 is 0. The van der Waals surface area contributed by atoms with Crippen LogP contribution in [-0.4, -0.2) is 46.5 Å². The highest BCUT2D eigenvalue weighted by molar-refractivity contribution is 7.14. The van der Waals surface area contributed by atoms with Gasteiger partial charge in [0, 0.05) is 32.0 Å². The zero-order chi connectivity index (χ0) is 13.5. The second-order valence-corrected chi connectivity index (χ2v) is 4.54. The molecule has 1 aromatic rings. The first kappa shape index (κ1) is 14.6. The number of nitrogens with one attached hydrogen (secondary N) is 1. The molecule has 0 bridgehead atoms. The Hall–Kier alpha value is -1.47. The number of aliphatic hydroxyl groups excluding tert-OH is 1. The van der Waals surface area contributed by atoms with Gasteiger partial charge in [-0.1, -0.05) is 0 Å². The van der Waals surface area contributed by atoms with Gasteiger partial charge in [0.15, 0.2) is 5.13 Å². The van der Waals surface area contributed by atoms with Gasteiger partial charge in [-0.2, -0.15) is 0 Å². The molecule has 0 atom stereocenters. The summed E-state index contributed by atoms with van der Waals surface area (Å²) in [6.45, 7) is 4.38. The molecule has 100 valence electrons. The average molecular weight is 271 g/mol. The van der Waals surface area contributed by atoms with Crippen molar-refractivity contribution in [3.63, 3.8) is 0 Å². The summed E-state index contributed by atoms with van der Waals surface area (Å²) in [7, 11) is 0. The van der Waals surface area contributed by atoms with Crippen LogP contribution in [0.15, 0.2) is 5.38 Å². The van der Waals surface area contributed by atoms with Crippen LogP contribution in [0.2, 0.25) is 0 Å². The topological polar surface area (TPSA) is 82.5 Å². The third-order valence-corrected chi connectivity index (χ3v) is 3.02. The Bertz CT molecular complexity index is 419. The summed E-state index contributed by atoms with van der Waals surface area (Å²) in [5.41, 5.74) is 0.323. The van der Waals surface area contributed by atoms with Gasteiger partial charge in [0.1, 0.15) is 5.69 Å². The smallest absolute Gasteiger partial charge is 0.273 e. The summed E-state index contributed by atoms with van der Waals surface area (Å²) in [4.78, 5) is 28.6. The van der Waals surface area contributed by atoms with Crippen molar-refractivity contribution in [1.29, 1.82) is 0 Å². The van der Waals surface area contributed by atoms with E-state index in [9.17, 15) is 9.59 Å². The number of aromatic nitrogens is 1. The zero-order valence-corrected chi connectivity index (χ0v) is 11.3. The van der Waals surface area contributed by atoms with Crippen LogP contribution >= 0.6 is 11.3 Å². The molecular formula is C11H17N3O3S. The number of thiazole rings is 1. The van der Waals surface area contributed by atoms with Crippen LogP contribution in [0.3, 0.4) is 0 Å². The number of hydrogen-bond donors (Lipinski definition) is 2. The van der Waals surface area contributed by atoms with Crippen LogP contribution in [0.5, 0.6) is 0 Å². The summed E-state index contributed by atoms with van der Waals surface area (Å²) in [5.74, 6) is -0.394. The Morgan fingerprint density at radius 2 is 2.28 bits per heavy atom. The van der Waals surface area contributed by atoms with E-state index >= 15 is 0 Å².